The first-order chi connectivity index (χ1) is 5.83. The summed E-state index contributed by atoms with van der Waals surface area (Å²) in [5.74, 6) is -0.141. The lowest BCUT2D eigenvalue weighted by atomic mass is 10.7. The Morgan fingerprint density at radius 1 is 1.50 bits per heavy atom. The van der Waals surface area contributed by atoms with Gasteiger partial charge in [-0.1, -0.05) is 11.8 Å². The second-order valence-corrected chi connectivity index (χ2v) is 2.90. The smallest absolute Gasteiger partial charge is 0.275 e. The number of aromatic hydroxyl groups is 1. The first-order valence-corrected chi connectivity index (χ1v) is 4.48. The lowest BCUT2D eigenvalue weighted by Crippen LogP contribution is -1.95. The Bertz CT molecular complexity index is 413. The maximum atomic E-state index is 9.21. The topological polar surface area (TPSA) is 63.3 Å². The Labute approximate surface area is 72.5 Å². The van der Waals surface area contributed by atoms with E-state index in [4.69, 9.17) is 0 Å². The predicted molar refractivity (Wildman–Crippen MR) is 44.2 cm³/mol. The molecule has 0 amide bonds. The van der Waals surface area contributed by atoms with Crippen LogP contribution in [0.25, 0.3) is 5.65 Å². The summed E-state index contributed by atoms with van der Waals surface area (Å²) in [6.07, 6.45) is 5.22. The van der Waals surface area contributed by atoms with Crippen LogP contribution in [0.4, 0.5) is 0 Å². The number of nitrogens with zero attached hydrogens (tertiary/aromatic N) is 4. The minimum atomic E-state index is -0.141. The van der Waals surface area contributed by atoms with E-state index in [9.17, 15) is 5.11 Å². The zero-order valence-electron chi connectivity index (χ0n) is 6.30. The summed E-state index contributed by atoms with van der Waals surface area (Å²) in [7, 11) is 0. The molecule has 0 aliphatic heterocycles. The summed E-state index contributed by atoms with van der Waals surface area (Å²) in [4.78, 5) is 3.92. The van der Waals surface area contributed by atoms with Crippen LogP contribution < -0.4 is 0 Å². The molecular formula is C6H6N4OS. The number of fused-ring (bicyclic) bond motifs is 1. The fraction of sp³-hybridized carbons (Fsp3) is 0.167. The van der Waals surface area contributed by atoms with E-state index in [2.05, 4.69) is 15.2 Å². The Hall–Kier alpha value is -1.30. The van der Waals surface area contributed by atoms with Gasteiger partial charge >= 0.3 is 0 Å². The van der Waals surface area contributed by atoms with Gasteiger partial charge in [0.25, 0.3) is 5.88 Å². The maximum Gasteiger partial charge on any atom is 0.275 e. The molecule has 0 fully saturated rings. The van der Waals surface area contributed by atoms with Gasteiger partial charge in [0.2, 0.25) is 5.65 Å². The molecule has 2 aromatic heterocycles. The minimum absolute atomic E-state index is 0.141. The van der Waals surface area contributed by atoms with Gasteiger partial charge < -0.3 is 5.11 Å². The third kappa shape index (κ3) is 0.918. The standard InChI is InChI=1S/C6H6N4OS/c1-12-6-9-8-5(11)4-7-2-3-10(4)6/h2-3H,1H3,(H,8,11). The Kier molecular flexibility index (Phi) is 1.61. The molecule has 0 saturated heterocycles. The molecule has 2 rings (SSSR count). The van der Waals surface area contributed by atoms with Crippen LogP contribution in [0.3, 0.4) is 0 Å². The van der Waals surface area contributed by atoms with Crippen molar-refractivity contribution in [2.45, 2.75) is 5.16 Å². The molecule has 0 unspecified atom stereocenters. The zero-order chi connectivity index (χ0) is 8.55. The van der Waals surface area contributed by atoms with Crippen LogP contribution >= 0.6 is 11.8 Å². The van der Waals surface area contributed by atoms with Crippen LogP contribution in [0.2, 0.25) is 0 Å². The number of hydrogen-bond acceptors (Lipinski definition) is 5. The van der Waals surface area contributed by atoms with Gasteiger partial charge in [0.15, 0.2) is 5.16 Å². The van der Waals surface area contributed by atoms with E-state index in [1.807, 2.05) is 6.26 Å². The molecule has 12 heavy (non-hydrogen) atoms. The summed E-state index contributed by atoms with van der Waals surface area (Å²) in [5.41, 5.74) is 0.439. The summed E-state index contributed by atoms with van der Waals surface area (Å²) in [6.45, 7) is 0. The highest BCUT2D eigenvalue weighted by Gasteiger charge is 2.06. The molecule has 0 atom stereocenters. The van der Waals surface area contributed by atoms with Crippen molar-refractivity contribution in [3.63, 3.8) is 0 Å². The van der Waals surface area contributed by atoms with Crippen LogP contribution in [0.1, 0.15) is 0 Å². The number of thioether (sulfide) groups is 1. The molecule has 2 heterocycles. The quantitative estimate of drug-likeness (QED) is 0.652. The predicted octanol–water partition coefficient (Wildman–Crippen LogP) is 0.552. The number of hydrogen-bond donors (Lipinski definition) is 1. The van der Waals surface area contributed by atoms with Crippen LogP contribution in [-0.2, 0) is 0 Å². The van der Waals surface area contributed by atoms with E-state index in [1.165, 1.54) is 11.8 Å². The maximum absolute atomic E-state index is 9.21. The number of rotatable bonds is 1. The van der Waals surface area contributed by atoms with Crippen molar-refractivity contribution >= 4 is 17.4 Å². The molecule has 0 bridgehead atoms. The van der Waals surface area contributed by atoms with E-state index < -0.39 is 0 Å². The van der Waals surface area contributed by atoms with Gasteiger partial charge in [0.1, 0.15) is 0 Å². The highest BCUT2D eigenvalue weighted by Crippen LogP contribution is 2.17. The Balaban J connectivity index is 2.82. The van der Waals surface area contributed by atoms with E-state index >= 15 is 0 Å². The molecule has 0 spiro atoms. The van der Waals surface area contributed by atoms with Gasteiger partial charge in [-0.2, -0.15) is 0 Å². The summed E-state index contributed by atoms with van der Waals surface area (Å²) >= 11 is 1.45. The molecule has 6 heteroatoms. The molecule has 0 radical (unpaired) electrons. The number of aromatic nitrogens is 4. The molecule has 0 aliphatic rings. The second-order valence-electron chi connectivity index (χ2n) is 2.13. The average Bonchev–Trinajstić information content (AvgIpc) is 2.54. The van der Waals surface area contributed by atoms with Gasteiger partial charge in [-0.3, -0.25) is 4.40 Å². The van der Waals surface area contributed by atoms with Crippen molar-refractivity contribution < 1.29 is 5.11 Å². The summed E-state index contributed by atoms with van der Waals surface area (Å²) < 4.78 is 1.69. The highest BCUT2D eigenvalue weighted by molar-refractivity contribution is 7.98. The van der Waals surface area contributed by atoms with Crippen LogP contribution in [-0.4, -0.2) is 30.9 Å². The first-order valence-electron chi connectivity index (χ1n) is 3.25. The third-order valence-corrected chi connectivity index (χ3v) is 2.10. The molecule has 2 aromatic rings. The van der Waals surface area contributed by atoms with Gasteiger partial charge in [0.05, 0.1) is 0 Å². The van der Waals surface area contributed by atoms with Crippen LogP contribution in [0.5, 0.6) is 5.88 Å². The van der Waals surface area contributed by atoms with Gasteiger partial charge in [0, 0.05) is 12.4 Å². The van der Waals surface area contributed by atoms with E-state index in [0.29, 0.717) is 10.8 Å². The molecule has 0 aliphatic carbocycles. The van der Waals surface area contributed by atoms with Crippen LogP contribution in [0, 0.1) is 0 Å². The van der Waals surface area contributed by atoms with Gasteiger partial charge in [-0.05, 0) is 6.26 Å². The molecule has 0 saturated carbocycles. The van der Waals surface area contributed by atoms with Crippen molar-refractivity contribution in [3.8, 4) is 5.88 Å². The molecule has 1 N–H and O–H groups in total. The fourth-order valence-electron chi connectivity index (χ4n) is 0.945. The normalized spacial score (nSPS) is 10.8. The monoisotopic (exact) mass is 182 g/mol. The van der Waals surface area contributed by atoms with Crippen molar-refractivity contribution in [2.24, 2.45) is 0 Å². The zero-order valence-corrected chi connectivity index (χ0v) is 7.12. The highest BCUT2D eigenvalue weighted by atomic mass is 32.2. The summed E-state index contributed by atoms with van der Waals surface area (Å²) in [6, 6.07) is 0. The van der Waals surface area contributed by atoms with Crippen LogP contribution in [0.15, 0.2) is 17.6 Å². The molecule has 0 aromatic carbocycles. The van der Waals surface area contributed by atoms with Crippen molar-refractivity contribution in [2.75, 3.05) is 6.26 Å². The fourth-order valence-corrected chi connectivity index (χ4v) is 1.41. The average molecular weight is 182 g/mol. The first kappa shape index (κ1) is 7.35. The summed E-state index contributed by atoms with van der Waals surface area (Å²) in [5, 5.41) is 17.3. The largest absolute Gasteiger partial charge is 0.490 e. The third-order valence-electron chi connectivity index (χ3n) is 1.46. The SMILES string of the molecule is CSc1nnc(O)c2nccn12. The van der Waals surface area contributed by atoms with Gasteiger partial charge in [-0.15, -0.1) is 10.2 Å². The van der Waals surface area contributed by atoms with E-state index in [0.717, 1.165) is 0 Å². The number of imidazole rings is 1. The van der Waals surface area contributed by atoms with E-state index in [-0.39, 0.29) is 5.88 Å². The lowest BCUT2D eigenvalue weighted by molar-refractivity contribution is 0.441. The van der Waals surface area contributed by atoms with Crippen molar-refractivity contribution in [1.29, 1.82) is 0 Å². The second kappa shape index (κ2) is 2.63. The van der Waals surface area contributed by atoms with Crippen molar-refractivity contribution in [3.05, 3.63) is 12.4 Å². The Morgan fingerprint density at radius 3 is 3.08 bits per heavy atom. The molecular weight excluding hydrogens is 176 g/mol. The van der Waals surface area contributed by atoms with E-state index in [1.54, 1.807) is 16.8 Å². The molecule has 62 valence electrons. The molecule has 5 nitrogen and oxygen atoms in total. The van der Waals surface area contributed by atoms with Crippen molar-refractivity contribution in [1.82, 2.24) is 19.6 Å². The minimum Gasteiger partial charge on any atom is -0.490 e. The Morgan fingerprint density at radius 2 is 2.33 bits per heavy atom. The lowest BCUT2D eigenvalue weighted by Gasteiger charge is -1.99. The van der Waals surface area contributed by atoms with Gasteiger partial charge in [-0.25, -0.2) is 4.98 Å².